The standard InChI is InChI=1S/C9H19N3OS/c1-7(8(10)14)9(13)12(4)6-5-11(2)3/h7H,5-6H2,1-4H3,(H2,10,14). The molecule has 0 aromatic carbocycles. The Kier molecular flexibility index (Phi) is 5.64. The molecule has 0 heterocycles. The van der Waals surface area contributed by atoms with Crippen LogP contribution in [0.4, 0.5) is 0 Å². The van der Waals surface area contributed by atoms with Crippen molar-refractivity contribution in [2.24, 2.45) is 11.7 Å². The molecule has 0 aliphatic heterocycles. The van der Waals surface area contributed by atoms with Crippen molar-refractivity contribution in [3.63, 3.8) is 0 Å². The quantitative estimate of drug-likeness (QED) is 0.655. The number of likely N-dealkylation sites (N-methyl/N-ethyl adjacent to an activating group) is 2. The number of nitrogens with two attached hydrogens (primary N) is 1. The van der Waals surface area contributed by atoms with Gasteiger partial charge in [-0.1, -0.05) is 12.2 Å². The number of rotatable bonds is 5. The van der Waals surface area contributed by atoms with Crippen LogP contribution >= 0.6 is 12.2 Å². The number of nitrogens with zero attached hydrogens (tertiary/aromatic N) is 2. The summed E-state index contributed by atoms with van der Waals surface area (Å²) in [6.07, 6.45) is 0. The van der Waals surface area contributed by atoms with Gasteiger partial charge in [0, 0.05) is 20.1 Å². The van der Waals surface area contributed by atoms with Crippen molar-refractivity contribution >= 4 is 23.1 Å². The first-order valence-corrected chi connectivity index (χ1v) is 4.96. The summed E-state index contributed by atoms with van der Waals surface area (Å²) >= 11 is 4.77. The van der Waals surface area contributed by atoms with E-state index in [1.807, 2.05) is 19.0 Å². The van der Waals surface area contributed by atoms with Gasteiger partial charge in [-0.05, 0) is 21.0 Å². The Morgan fingerprint density at radius 3 is 2.21 bits per heavy atom. The third-order valence-corrected chi connectivity index (χ3v) is 2.41. The number of carbonyl (C=O) groups is 1. The topological polar surface area (TPSA) is 49.6 Å². The molecule has 0 aromatic heterocycles. The monoisotopic (exact) mass is 217 g/mol. The highest BCUT2D eigenvalue weighted by molar-refractivity contribution is 7.80. The van der Waals surface area contributed by atoms with Crippen molar-refractivity contribution in [1.29, 1.82) is 0 Å². The molecule has 0 spiro atoms. The number of hydrogen-bond donors (Lipinski definition) is 1. The van der Waals surface area contributed by atoms with E-state index in [-0.39, 0.29) is 16.8 Å². The summed E-state index contributed by atoms with van der Waals surface area (Å²) in [5, 5.41) is 0. The van der Waals surface area contributed by atoms with Crippen LogP contribution in [0.2, 0.25) is 0 Å². The largest absolute Gasteiger partial charge is 0.393 e. The summed E-state index contributed by atoms with van der Waals surface area (Å²) in [6, 6.07) is 0. The lowest BCUT2D eigenvalue weighted by Gasteiger charge is -2.22. The summed E-state index contributed by atoms with van der Waals surface area (Å²) in [5.41, 5.74) is 5.40. The van der Waals surface area contributed by atoms with Crippen LogP contribution in [0.5, 0.6) is 0 Å². The molecule has 0 saturated heterocycles. The molecule has 1 unspecified atom stereocenters. The Morgan fingerprint density at radius 2 is 1.86 bits per heavy atom. The molecule has 14 heavy (non-hydrogen) atoms. The molecule has 0 aliphatic rings. The predicted octanol–water partition coefficient (Wildman–Crippen LogP) is -0.0714. The van der Waals surface area contributed by atoms with E-state index in [1.54, 1.807) is 18.9 Å². The van der Waals surface area contributed by atoms with Gasteiger partial charge in [0.1, 0.15) is 0 Å². The Bertz CT molecular complexity index is 218. The third-order valence-electron chi connectivity index (χ3n) is 2.06. The molecule has 0 aromatic rings. The summed E-state index contributed by atoms with van der Waals surface area (Å²) in [6.45, 7) is 3.27. The lowest BCUT2D eigenvalue weighted by Crippen LogP contribution is -2.40. The summed E-state index contributed by atoms with van der Waals surface area (Å²) in [7, 11) is 5.70. The molecule has 1 atom stereocenters. The Labute approximate surface area is 91.0 Å². The molecule has 5 heteroatoms. The minimum Gasteiger partial charge on any atom is -0.393 e. The highest BCUT2D eigenvalue weighted by Crippen LogP contribution is 2.00. The van der Waals surface area contributed by atoms with Crippen LogP contribution < -0.4 is 5.73 Å². The molecule has 0 rings (SSSR count). The molecule has 0 radical (unpaired) electrons. The van der Waals surface area contributed by atoms with Crippen LogP contribution in [0.3, 0.4) is 0 Å². The highest BCUT2D eigenvalue weighted by Gasteiger charge is 2.19. The molecule has 0 saturated carbocycles. The van der Waals surface area contributed by atoms with Crippen LogP contribution in [0.25, 0.3) is 0 Å². The van der Waals surface area contributed by atoms with Crippen molar-refractivity contribution in [3.8, 4) is 0 Å². The van der Waals surface area contributed by atoms with E-state index in [9.17, 15) is 4.79 Å². The minimum atomic E-state index is -0.364. The van der Waals surface area contributed by atoms with Gasteiger partial charge in [0.05, 0.1) is 10.9 Å². The van der Waals surface area contributed by atoms with Crippen LogP contribution in [-0.2, 0) is 4.79 Å². The zero-order valence-electron chi connectivity index (χ0n) is 9.28. The molecule has 2 N–H and O–H groups in total. The lowest BCUT2D eigenvalue weighted by atomic mass is 10.1. The molecule has 0 aliphatic carbocycles. The molecule has 0 bridgehead atoms. The predicted molar refractivity (Wildman–Crippen MR) is 62.1 cm³/mol. The molecular weight excluding hydrogens is 198 g/mol. The van der Waals surface area contributed by atoms with Gasteiger partial charge in [0.25, 0.3) is 0 Å². The lowest BCUT2D eigenvalue weighted by molar-refractivity contribution is -0.131. The van der Waals surface area contributed by atoms with E-state index in [2.05, 4.69) is 0 Å². The normalized spacial score (nSPS) is 12.6. The van der Waals surface area contributed by atoms with Crippen LogP contribution in [0.15, 0.2) is 0 Å². The van der Waals surface area contributed by atoms with E-state index in [1.165, 1.54) is 0 Å². The van der Waals surface area contributed by atoms with E-state index in [0.717, 1.165) is 6.54 Å². The molecular formula is C9H19N3OS. The zero-order valence-corrected chi connectivity index (χ0v) is 10.1. The van der Waals surface area contributed by atoms with Crippen molar-refractivity contribution < 1.29 is 4.79 Å². The van der Waals surface area contributed by atoms with Gasteiger partial charge in [-0.3, -0.25) is 4.79 Å². The fourth-order valence-electron chi connectivity index (χ4n) is 0.912. The number of carbonyl (C=O) groups excluding carboxylic acids is 1. The minimum absolute atomic E-state index is 0.0145. The van der Waals surface area contributed by atoms with Gasteiger partial charge in [-0.25, -0.2) is 0 Å². The van der Waals surface area contributed by atoms with Gasteiger partial charge in [0.15, 0.2) is 0 Å². The van der Waals surface area contributed by atoms with E-state index in [0.29, 0.717) is 6.54 Å². The average molecular weight is 217 g/mol. The molecule has 82 valence electrons. The first-order valence-electron chi connectivity index (χ1n) is 4.55. The fraction of sp³-hybridized carbons (Fsp3) is 0.778. The maximum absolute atomic E-state index is 11.6. The Hall–Kier alpha value is -0.680. The number of thiocarbonyl (C=S) groups is 1. The van der Waals surface area contributed by atoms with Crippen molar-refractivity contribution in [1.82, 2.24) is 9.80 Å². The van der Waals surface area contributed by atoms with Crippen molar-refractivity contribution in [2.45, 2.75) is 6.92 Å². The molecule has 0 fully saturated rings. The van der Waals surface area contributed by atoms with Crippen LogP contribution in [0.1, 0.15) is 6.92 Å². The SMILES string of the molecule is CC(C(=O)N(C)CCN(C)C)C(N)=S. The maximum atomic E-state index is 11.6. The molecule has 1 amide bonds. The Morgan fingerprint density at radius 1 is 1.36 bits per heavy atom. The second-order valence-electron chi connectivity index (χ2n) is 3.69. The smallest absolute Gasteiger partial charge is 0.232 e. The van der Waals surface area contributed by atoms with E-state index >= 15 is 0 Å². The average Bonchev–Trinajstić information content (AvgIpc) is 2.11. The zero-order chi connectivity index (χ0) is 11.3. The second kappa shape index (κ2) is 5.93. The first-order chi connectivity index (χ1) is 6.36. The maximum Gasteiger partial charge on any atom is 0.232 e. The van der Waals surface area contributed by atoms with Gasteiger partial charge >= 0.3 is 0 Å². The van der Waals surface area contributed by atoms with Gasteiger partial charge in [-0.15, -0.1) is 0 Å². The van der Waals surface area contributed by atoms with E-state index in [4.69, 9.17) is 18.0 Å². The van der Waals surface area contributed by atoms with Crippen molar-refractivity contribution in [3.05, 3.63) is 0 Å². The summed E-state index contributed by atoms with van der Waals surface area (Å²) in [4.78, 5) is 15.6. The van der Waals surface area contributed by atoms with Crippen molar-refractivity contribution in [2.75, 3.05) is 34.2 Å². The fourth-order valence-corrected chi connectivity index (χ4v) is 1.01. The molecule has 4 nitrogen and oxygen atoms in total. The first kappa shape index (κ1) is 13.3. The number of amides is 1. The van der Waals surface area contributed by atoms with Crippen LogP contribution in [0, 0.1) is 5.92 Å². The van der Waals surface area contributed by atoms with Gasteiger partial charge < -0.3 is 15.5 Å². The van der Waals surface area contributed by atoms with Gasteiger partial charge in [-0.2, -0.15) is 0 Å². The van der Waals surface area contributed by atoms with E-state index < -0.39 is 0 Å². The summed E-state index contributed by atoms with van der Waals surface area (Å²) < 4.78 is 0. The highest BCUT2D eigenvalue weighted by atomic mass is 32.1. The van der Waals surface area contributed by atoms with Crippen LogP contribution in [-0.4, -0.2) is 54.9 Å². The Balaban J connectivity index is 4.05. The second-order valence-corrected chi connectivity index (χ2v) is 4.16. The third kappa shape index (κ3) is 4.53. The summed E-state index contributed by atoms with van der Waals surface area (Å²) in [5.74, 6) is -0.378. The number of hydrogen-bond acceptors (Lipinski definition) is 3. The van der Waals surface area contributed by atoms with Gasteiger partial charge in [0.2, 0.25) is 5.91 Å².